The Morgan fingerprint density at radius 3 is 1.84 bits per heavy atom. The van der Waals surface area contributed by atoms with Crippen LogP contribution < -0.4 is 0 Å². The van der Waals surface area contributed by atoms with E-state index < -0.39 is 6.10 Å². The minimum absolute atomic E-state index is 0.285. The van der Waals surface area contributed by atoms with E-state index in [1.54, 1.807) is 6.92 Å². The summed E-state index contributed by atoms with van der Waals surface area (Å²) in [7, 11) is 1.39. The molecule has 1 atom stereocenters. The molecule has 1 unspecified atom stereocenters. The summed E-state index contributed by atoms with van der Waals surface area (Å²) in [6.45, 7) is 4.65. The maximum absolute atomic E-state index is 11.1. The summed E-state index contributed by atoms with van der Waals surface area (Å²) in [5.74, 6) is -0.285. The van der Waals surface area contributed by atoms with Crippen LogP contribution >= 0.6 is 0 Å². The van der Waals surface area contributed by atoms with Crippen molar-refractivity contribution < 1.29 is 14.3 Å². The van der Waals surface area contributed by atoms with Crippen molar-refractivity contribution in [2.45, 2.75) is 84.2 Å². The van der Waals surface area contributed by atoms with Crippen LogP contribution in [-0.4, -0.2) is 25.8 Å². The first-order valence-electron chi connectivity index (χ1n) is 7.91. The Bertz CT molecular complexity index is 204. The summed E-state index contributed by atoms with van der Waals surface area (Å²) in [4.78, 5) is 11.1. The SMILES string of the molecule is CCCCCCCCCCCCOC(C)C(=O)OC. The van der Waals surface area contributed by atoms with Gasteiger partial charge in [0.25, 0.3) is 0 Å². The Morgan fingerprint density at radius 1 is 0.895 bits per heavy atom. The van der Waals surface area contributed by atoms with E-state index in [0.717, 1.165) is 6.42 Å². The van der Waals surface area contributed by atoms with Crippen molar-refractivity contribution in [2.75, 3.05) is 13.7 Å². The lowest BCUT2D eigenvalue weighted by Gasteiger charge is -2.10. The summed E-state index contributed by atoms with van der Waals surface area (Å²) in [5.41, 5.74) is 0. The zero-order valence-corrected chi connectivity index (χ0v) is 13.1. The molecule has 0 aliphatic carbocycles. The third kappa shape index (κ3) is 12.2. The molecule has 114 valence electrons. The topological polar surface area (TPSA) is 35.5 Å². The monoisotopic (exact) mass is 272 g/mol. The van der Waals surface area contributed by atoms with Crippen LogP contribution in [0.3, 0.4) is 0 Å². The van der Waals surface area contributed by atoms with Gasteiger partial charge in [-0.25, -0.2) is 4.79 Å². The van der Waals surface area contributed by atoms with Gasteiger partial charge in [-0.2, -0.15) is 0 Å². The Kier molecular flexibility index (Phi) is 13.4. The van der Waals surface area contributed by atoms with Crippen molar-refractivity contribution in [2.24, 2.45) is 0 Å². The van der Waals surface area contributed by atoms with Crippen LogP contribution in [0, 0.1) is 0 Å². The summed E-state index contributed by atoms with van der Waals surface area (Å²) < 4.78 is 9.99. The minimum atomic E-state index is -0.427. The lowest BCUT2D eigenvalue weighted by molar-refractivity contribution is -0.152. The van der Waals surface area contributed by atoms with Crippen molar-refractivity contribution >= 4 is 5.97 Å². The van der Waals surface area contributed by atoms with Gasteiger partial charge in [0.15, 0.2) is 6.10 Å². The largest absolute Gasteiger partial charge is 0.467 e. The van der Waals surface area contributed by atoms with Gasteiger partial charge in [-0.1, -0.05) is 64.7 Å². The molecule has 0 aromatic heterocycles. The van der Waals surface area contributed by atoms with Crippen LogP contribution in [0.15, 0.2) is 0 Å². The van der Waals surface area contributed by atoms with Gasteiger partial charge in [0.1, 0.15) is 0 Å². The van der Waals surface area contributed by atoms with E-state index in [1.165, 1.54) is 64.9 Å². The Hall–Kier alpha value is -0.570. The number of unbranched alkanes of at least 4 members (excludes halogenated alkanes) is 9. The molecule has 0 spiro atoms. The molecule has 0 rings (SSSR count). The average Bonchev–Trinajstić information content (AvgIpc) is 2.43. The molecule has 0 bridgehead atoms. The van der Waals surface area contributed by atoms with Crippen LogP contribution in [0.1, 0.15) is 78.1 Å². The lowest BCUT2D eigenvalue weighted by Crippen LogP contribution is -2.22. The predicted octanol–water partition coefficient (Wildman–Crippen LogP) is 4.49. The maximum Gasteiger partial charge on any atom is 0.334 e. The van der Waals surface area contributed by atoms with Crippen LogP contribution in [0.5, 0.6) is 0 Å². The fraction of sp³-hybridized carbons (Fsp3) is 0.938. The van der Waals surface area contributed by atoms with Crippen molar-refractivity contribution in [1.82, 2.24) is 0 Å². The summed E-state index contributed by atoms with van der Waals surface area (Å²) in [6, 6.07) is 0. The van der Waals surface area contributed by atoms with Crippen LogP contribution in [0.25, 0.3) is 0 Å². The molecule has 0 radical (unpaired) electrons. The fourth-order valence-corrected chi connectivity index (χ4v) is 2.08. The first-order valence-corrected chi connectivity index (χ1v) is 7.91. The minimum Gasteiger partial charge on any atom is -0.467 e. The summed E-state index contributed by atoms with van der Waals surface area (Å²) in [6.07, 6.45) is 12.7. The van der Waals surface area contributed by atoms with Gasteiger partial charge >= 0.3 is 5.97 Å². The first kappa shape index (κ1) is 18.4. The van der Waals surface area contributed by atoms with E-state index in [1.807, 2.05) is 0 Å². The highest BCUT2D eigenvalue weighted by Crippen LogP contribution is 2.10. The number of carbonyl (C=O) groups is 1. The zero-order chi connectivity index (χ0) is 14.3. The van der Waals surface area contributed by atoms with Crippen LogP contribution in [0.2, 0.25) is 0 Å². The second-order valence-electron chi connectivity index (χ2n) is 5.22. The molecule has 0 saturated heterocycles. The number of esters is 1. The van der Waals surface area contributed by atoms with Gasteiger partial charge in [0.05, 0.1) is 7.11 Å². The zero-order valence-electron chi connectivity index (χ0n) is 13.1. The van der Waals surface area contributed by atoms with Crippen molar-refractivity contribution in [3.8, 4) is 0 Å². The third-order valence-corrected chi connectivity index (χ3v) is 3.40. The molecule has 19 heavy (non-hydrogen) atoms. The lowest BCUT2D eigenvalue weighted by atomic mass is 10.1. The molecule has 0 fully saturated rings. The fourth-order valence-electron chi connectivity index (χ4n) is 2.08. The maximum atomic E-state index is 11.1. The van der Waals surface area contributed by atoms with E-state index in [0.29, 0.717) is 6.61 Å². The predicted molar refractivity (Wildman–Crippen MR) is 79.3 cm³/mol. The van der Waals surface area contributed by atoms with E-state index in [9.17, 15) is 4.79 Å². The van der Waals surface area contributed by atoms with Crippen molar-refractivity contribution in [3.63, 3.8) is 0 Å². The number of ether oxygens (including phenoxy) is 2. The summed E-state index contributed by atoms with van der Waals surface area (Å²) in [5, 5.41) is 0. The van der Waals surface area contributed by atoms with Crippen molar-refractivity contribution in [3.05, 3.63) is 0 Å². The van der Waals surface area contributed by atoms with Crippen molar-refractivity contribution in [1.29, 1.82) is 0 Å². The van der Waals surface area contributed by atoms with Crippen LogP contribution in [0.4, 0.5) is 0 Å². The Labute approximate surface area is 119 Å². The molecule has 0 N–H and O–H groups in total. The van der Waals surface area contributed by atoms with Gasteiger partial charge in [-0.3, -0.25) is 0 Å². The average molecular weight is 272 g/mol. The number of carbonyl (C=O) groups excluding carboxylic acids is 1. The molecule has 0 aliphatic rings. The van der Waals surface area contributed by atoms with Gasteiger partial charge in [0, 0.05) is 6.61 Å². The highest BCUT2D eigenvalue weighted by Gasteiger charge is 2.12. The van der Waals surface area contributed by atoms with E-state index in [-0.39, 0.29) is 5.97 Å². The normalized spacial score (nSPS) is 12.4. The second kappa shape index (κ2) is 13.9. The third-order valence-electron chi connectivity index (χ3n) is 3.40. The molecule has 0 heterocycles. The van der Waals surface area contributed by atoms with Crippen LogP contribution in [-0.2, 0) is 14.3 Å². The quantitative estimate of drug-likeness (QED) is 0.366. The number of hydrogen-bond acceptors (Lipinski definition) is 3. The second-order valence-corrected chi connectivity index (χ2v) is 5.22. The van der Waals surface area contributed by atoms with E-state index >= 15 is 0 Å². The molecule has 0 saturated carbocycles. The molecular weight excluding hydrogens is 240 g/mol. The van der Waals surface area contributed by atoms with E-state index in [2.05, 4.69) is 11.7 Å². The molecule has 3 nitrogen and oxygen atoms in total. The molecule has 0 aromatic rings. The molecule has 3 heteroatoms. The summed E-state index contributed by atoms with van der Waals surface area (Å²) >= 11 is 0. The molecular formula is C16H32O3. The Balaban J connectivity index is 3.12. The molecule has 0 aliphatic heterocycles. The van der Waals surface area contributed by atoms with E-state index in [4.69, 9.17) is 4.74 Å². The van der Waals surface area contributed by atoms with Gasteiger partial charge < -0.3 is 9.47 Å². The number of methoxy groups -OCH3 is 1. The molecule has 0 amide bonds. The smallest absolute Gasteiger partial charge is 0.334 e. The Morgan fingerprint density at radius 2 is 1.37 bits per heavy atom. The van der Waals surface area contributed by atoms with Gasteiger partial charge in [0.2, 0.25) is 0 Å². The standard InChI is InChI=1S/C16H32O3/c1-4-5-6-7-8-9-10-11-12-13-14-19-15(2)16(17)18-3/h15H,4-14H2,1-3H3. The highest BCUT2D eigenvalue weighted by molar-refractivity contribution is 5.73. The van der Waals surface area contributed by atoms with Gasteiger partial charge in [-0.15, -0.1) is 0 Å². The molecule has 0 aromatic carbocycles. The highest BCUT2D eigenvalue weighted by atomic mass is 16.6. The first-order chi connectivity index (χ1) is 9.22. The van der Waals surface area contributed by atoms with Gasteiger partial charge in [-0.05, 0) is 13.3 Å². The number of rotatable bonds is 13. The number of hydrogen-bond donors (Lipinski definition) is 0.